The summed E-state index contributed by atoms with van der Waals surface area (Å²) in [6, 6.07) is 4.77. The second-order valence-electron chi connectivity index (χ2n) is 4.38. The van der Waals surface area contributed by atoms with Crippen molar-refractivity contribution in [2.45, 2.75) is 33.9 Å². The van der Waals surface area contributed by atoms with Gasteiger partial charge in [-0.1, -0.05) is 17.7 Å². The van der Waals surface area contributed by atoms with Crippen LogP contribution in [-0.4, -0.2) is 9.78 Å². The van der Waals surface area contributed by atoms with E-state index in [4.69, 9.17) is 16.3 Å². The summed E-state index contributed by atoms with van der Waals surface area (Å²) in [4.78, 5) is 0. The zero-order chi connectivity index (χ0) is 14.0. The van der Waals surface area contributed by atoms with Crippen molar-refractivity contribution in [3.63, 3.8) is 0 Å². The molecule has 3 nitrogen and oxygen atoms in total. The number of benzene rings is 1. The highest BCUT2D eigenvalue weighted by molar-refractivity contribution is 6.31. The molecular formula is C14H16ClFN2O. The quantitative estimate of drug-likeness (QED) is 0.851. The molecule has 2 aromatic rings. The van der Waals surface area contributed by atoms with Crippen LogP contribution in [0, 0.1) is 19.7 Å². The average Bonchev–Trinajstić information content (AvgIpc) is 2.66. The molecule has 1 heterocycles. The molecular weight excluding hydrogens is 267 g/mol. The molecule has 0 aliphatic heterocycles. The lowest BCUT2D eigenvalue weighted by Crippen LogP contribution is -2.07. The SMILES string of the molecule is CCn1nc(C)c(Cl)c1COc1cc(C)ccc1F. The maximum Gasteiger partial charge on any atom is 0.165 e. The summed E-state index contributed by atoms with van der Waals surface area (Å²) in [6.45, 7) is 6.60. The third kappa shape index (κ3) is 2.89. The molecule has 102 valence electrons. The molecule has 0 bridgehead atoms. The van der Waals surface area contributed by atoms with Crippen molar-refractivity contribution < 1.29 is 9.13 Å². The van der Waals surface area contributed by atoms with Gasteiger partial charge in [0.15, 0.2) is 11.6 Å². The largest absolute Gasteiger partial charge is 0.484 e. The van der Waals surface area contributed by atoms with Crippen molar-refractivity contribution in [2.24, 2.45) is 0 Å². The van der Waals surface area contributed by atoms with Gasteiger partial charge in [-0.3, -0.25) is 4.68 Å². The summed E-state index contributed by atoms with van der Waals surface area (Å²) in [5.41, 5.74) is 2.47. The minimum atomic E-state index is -0.374. The Kier molecular flexibility index (Phi) is 4.10. The molecule has 0 N–H and O–H groups in total. The molecule has 0 aliphatic carbocycles. The molecule has 0 unspecified atom stereocenters. The monoisotopic (exact) mass is 282 g/mol. The van der Waals surface area contributed by atoms with E-state index in [2.05, 4.69) is 5.10 Å². The summed E-state index contributed by atoms with van der Waals surface area (Å²) in [5, 5.41) is 4.87. The van der Waals surface area contributed by atoms with Crippen molar-refractivity contribution in [3.05, 3.63) is 46.0 Å². The molecule has 0 radical (unpaired) electrons. The summed E-state index contributed by atoms with van der Waals surface area (Å²) < 4.78 is 20.9. The maximum absolute atomic E-state index is 13.6. The number of aromatic nitrogens is 2. The fourth-order valence-corrected chi connectivity index (χ4v) is 2.06. The normalized spacial score (nSPS) is 10.8. The molecule has 0 saturated carbocycles. The molecule has 0 fully saturated rings. The van der Waals surface area contributed by atoms with Gasteiger partial charge in [-0.05, 0) is 38.5 Å². The van der Waals surface area contributed by atoms with E-state index >= 15 is 0 Å². The number of hydrogen-bond acceptors (Lipinski definition) is 2. The highest BCUT2D eigenvalue weighted by Crippen LogP contribution is 2.24. The van der Waals surface area contributed by atoms with Gasteiger partial charge in [-0.25, -0.2) is 4.39 Å². The molecule has 0 atom stereocenters. The Morgan fingerprint density at radius 1 is 1.37 bits per heavy atom. The van der Waals surface area contributed by atoms with Gasteiger partial charge in [0.2, 0.25) is 0 Å². The van der Waals surface area contributed by atoms with E-state index in [0.29, 0.717) is 11.6 Å². The number of rotatable bonds is 4. The van der Waals surface area contributed by atoms with Crippen LogP contribution < -0.4 is 4.74 Å². The molecule has 0 aliphatic rings. The number of hydrogen-bond donors (Lipinski definition) is 0. The van der Waals surface area contributed by atoms with Gasteiger partial charge < -0.3 is 4.74 Å². The van der Waals surface area contributed by atoms with Crippen LogP contribution in [0.4, 0.5) is 4.39 Å². The predicted octanol–water partition coefficient (Wildman–Crippen LogP) is 3.89. The number of nitrogens with zero attached hydrogens (tertiary/aromatic N) is 2. The highest BCUT2D eigenvalue weighted by atomic mass is 35.5. The van der Waals surface area contributed by atoms with Crippen LogP contribution in [0.2, 0.25) is 5.02 Å². The summed E-state index contributed by atoms with van der Waals surface area (Å²) >= 11 is 6.17. The molecule has 1 aromatic carbocycles. The van der Waals surface area contributed by atoms with E-state index in [1.807, 2.05) is 20.8 Å². The van der Waals surface area contributed by atoms with Gasteiger partial charge >= 0.3 is 0 Å². The van der Waals surface area contributed by atoms with Gasteiger partial charge in [0.1, 0.15) is 6.61 Å². The first-order valence-electron chi connectivity index (χ1n) is 6.13. The lowest BCUT2D eigenvalue weighted by atomic mass is 10.2. The number of halogens is 2. The second kappa shape index (κ2) is 5.61. The van der Waals surface area contributed by atoms with Crippen LogP contribution in [-0.2, 0) is 13.2 Å². The first-order chi connectivity index (χ1) is 9.02. The smallest absolute Gasteiger partial charge is 0.165 e. The Morgan fingerprint density at radius 2 is 2.11 bits per heavy atom. The molecule has 1 aromatic heterocycles. The Bertz CT molecular complexity index is 595. The van der Waals surface area contributed by atoms with Crippen LogP contribution >= 0.6 is 11.6 Å². The van der Waals surface area contributed by atoms with E-state index < -0.39 is 0 Å². The van der Waals surface area contributed by atoms with Gasteiger partial charge in [0, 0.05) is 6.54 Å². The van der Waals surface area contributed by atoms with Crippen molar-refractivity contribution in [1.82, 2.24) is 9.78 Å². The Labute approximate surface area is 117 Å². The number of ether oxygens (including phenoxy) is 1. The summed E-state index contributed by atoms with van der Waals surface area (Å²) in [7, 11) is 0. The van der Waals surface area contributed by atoms with Crippen molar-refractivity contribution in [2.75, 3.05) is 0 Å². The Balaban J connectivity index is 2.21. The van der Waals surface area contributed by atoms with E-state index in [0.717, 1.165) is 17.0 Å². The molecule has 0 spiro atoms. The molecule has 2 rings (SSSR count). The first kappa shape index (κ1) is 13.9. The molecule has 0 saturated heterocycles. The third-order valence-corrected chi connectivity index (χ3v) is 3.40. The first-order valence-corrected chi connectivity index (χ1v) is 6.51. The second-order valence-corrected chi connectivity index (χ2v) is 4.76. The van der Waals surface area contributed by atoms with Crippen LogP contribution in [0.5, 0.6) is 5.75 Å². The molecule has 19 heavy (non-hydrogen) atoms. The Hall–Kier alpha value is -1.55. The number of aryl methyl sites for hydroxylation is 3. The van der Waals surface area contributed by atoms with Crippen LogP contribution in [0.1, 0.15) is 23.9 Å². The fraction of sp³-hybridized carbons (Fsp3) is 0.357. The van der Waals surface area contributed by atoms with Crippen LogP contribution in [0.25, 0.3) is 0 Å². The van der Waals surface area contributed by atoms with Crippen LogP contribution in [0.3, 0.4) is 0 Å². The topological polar surface area (TPSA) is 27.1 Å². The minimum Gasteiger partial charge on any atom is -0.484 e. The van der Waals surface area contributed by atoms with Gasteiger partial charge in [0.05, 0.1) is 16.4 Å². The fourth-order valence-electron chi connectivity index (χ4n) is 1.87. The standard InChI is InChI=1S/C14H16ClFN2O/c1-4-18-12(14(15)10(3)17-18)8-19-13-7-9(2)5-6-11(13)16/h5-7H,4,8H2,1-3H3. The van der Waals surface area contributed by atoms with E-state index in [1.165, 1.54) is 6.07 Å². The maximum atomic E-state index is 13.6. The van der Waals surface area contributed by atoms with Crippen molar-refractivity contribution in [1.29, 1.82) is 0 Å². The van der Waals surface area contributed by atoms with Gasteiger partial charge in [-0.15, -0.1) is 0 Å². The van der Waals surface area contributed by atoms with Gasteiger partial charge in [-0.2, -0.15) is 5.10 Å². The third-order valence-electron chi connectivity index (χ3n) is 2.90. The Morgan fingerprint density at radius 3 is 2.79 bits per heavy atom. The average molecular weight is 283 g/mol. The van der Waals surface area contributed by atoms with Crippen LogP contribution in [0.15, 0.2) is 18.2 Å². The lowest BCUT2D eigenvalue weighted by molar-refractivity contribution is 0.278. The highest BCUT2D eigenvalue weighted by Gasteiger charge is 2.14. The van der Waals surface area contributed by atoms with Gasteiger partial charge in [0.25, 0.3) is 0 Å². The van der Waals surface area contributed by atoms with Crippen molar-refractivity contribution >= 4 is 11.6 Å². The predicted molar refractivity (Wildman–Crippen MR) is 73.1 cm³/mol. The van der Waals surface area contributed by atoms with E-state index in [-0.39, 0.29) is 18.2 Å². The summed E-state index contributed by atoms with van der Waals surface area (Å²) in [6.07, 6.45) is 0. The summed E-state index contributed by atoms with van der Waals surface area (Å²) in [5.74, 6) is -0.140. The lowest BCUT2D eigenvalue weighted by Gasteiger charge is -2.09. The molecule has 0 amide bonds. The van der Waals surface area contributed by atoms with Crippen molar-refractivity contribution in [3.8, 4) is 5.75 Å². The molecule has 5 heteroatoms. The zero-order valence-electron chi connectivity index (χ0n) is 11.2. The van der Waals surface area contributed by atoms with E-state index in [9.17, 15) is 4.39 Å². The van der Waals surface area contributed by atoms with E-state index in [1.54, 1.807) is 16.8 Å². The zero-order valence-corrected chi connectivity index (χ0v) is 12.0. The minimum absolute atomic E-state index is 0.202.